The molecule has 5 heteroatoms. The van der Waals surface area contributed by atoms with E-state index in [0.717, 1.165) is 44.3 Å². The smallest absolute Gasteiger partial charge is 0.258 e. The SMILES string of the molecule is Cc1ccc(-c2csc(-c3ccc(CNC(=O)COc4cccc(C)c4C)cc3)n2)cc1. The van der Waals surface area contributed by atoms with Gasteiger partial charge in [-0.05, 0) is 43.5 Å². The number of ether oxygens (including phenoxy) is 1. The van der Waals surface area contributed by atoms with Gasteiger partial charge in [0.25, 0.3) is 5.91 Å². The number of aromatic nitrogens is 1. The lowest BCUT2D eigenvalue weighted by atomic mass is 10.1. The lowest BCUT2D eigenvalue weighted by Gasteiger charge is -2.11. The highest BCUT2D eigenvalue weighted by Crippen LogP contribution is 2.29. The van der Waals surface area contributed by atoms with Gasteiger partial charge in [-0.15, -0.1) is 11.3 Å². The molecule has 4 rings (SSSR count). The van der Waals surface area contributed by atoms with Crippen molar-refractivity contribution in [3.63, 3.8) is 0 Å². The Balaban J connectivity index is 1.31. The molecule has 32 heavy (non-hydrogen) atoms. The van der Waals surface area contributed by atoms with Crippen LogP contribution >= 0.6 is 11.3 Å². The average Bonchev–Trinajstić information content (AvgIpc) is 3.30. The Morgan fingerprint density at radius 2 is 1.66 bits per heavy atom. The topological polar surface area (TPSA) is 51.2 Å². The summed E-state index contributed by atoms with van der Waals surface area (Å²) in [5.41, 5.74) is 7.66. The minimum Gasteiger partial charge on any atom is -0.483 e. The van der Waals surface area contributed by atoms with Gasteiger partial charge in [-0.3, -0.25) is 4.79 Å². The van der Waals surface area contributed by atoms with Crippen LogP contribution in [-0.4, -0.2) is 17.5 Å². The van der Waals surface area contributed by atoms with Gasteiger partial charge in [0.2, 0.25) is 0 Å². The number of carbonyl (C=O) groups is 1. The number of amides is 1. The molecule has 0 saturated heterocycles. The molecular formula is C27H26N2O2S. The number of carbonyl (C=O) groups excluding carboxylic acids is 1. The zero-order chi connectivity index (χ0) is 22.5. The van der Waals surface area contributed by atoms with Crippen LogP contribution in [0.4, 0.5) is 0 Å². The number of hydrogen-bond donors (Lipinski definition) is 1. The quantitative estimate of drug-likeness (QED) is 0.376. The molecule has 1 amide bonds. The predicted octanol–water partition coefficient (Wildman–Crippen LogP) is 6.10. The van der Waals surface area contributed by atoms with Crippen molar-refractivity contribution in [2.75, 3.05) is 6.61 Å². The number of hydrogen-bond acceptors (Lipinski definition) is 4. The summed E-state index contributed by atoms with van der Waals surface area (Å²) < 4.78 is 5.67. The molecule has 0 aliphatic heterocycles. The summed E-state index contributed by atoms with van der Waals surface area (Å²) in [6.07, 6.45) is 0. The standard InChI is InChI=1S/C27H26N2O2S/c1-18-7-11-22(12-8-18)24-17-32-27(29-24)23-13-9-21(10-14-23)15-28-26(30)16-31-25-6-4-5-19(2)20(25)3/h4-14,17H,15-16H2,1-3H3,(H,28,30). The van der Waals surface area contributed by atoms with Crippen LogP contribution in [0.25, 0.3) is 21.8 Å². The maximum atomic E-state index is 12.2. The highest BCUT2D eigenvalue weighted by Gasteiger charge is 2.08. The Morgan fingerprint density at radius 1 is 0.938 bits per heavy atom. The van der Waals surface area contributed by atoms with Crippen LogP contribution in [0.2, 0.25) is 0 Å². The molecule has 0 spiro atoms. The molecule has 0 atom stereocenters. The van der Waals surface area contributed by atoms with E-state index in [1.54, 1.807) is 11.3 Å². The molecule has 0 fully saturated rings. The highest BCUT2D eigenvalue weighted by atomic mass is 32.1. The average molecular weight is 443 g/mol. The number of aryl methyl sites for hydroxylation is 2. The van der Waals surface area contributed by atoms with Crippen molar-refractivity contribution < 1.29 is 9.53 Å². The van der Waals surface area contributed by atoms with Crippen molar-refractivity contribution >= 4 is 17.2 Å². The minimum absolute atomic E-state index is 0.00325. The second kappa shape index (κ2) is 9.79. The zero-order valence-corrected chi connectivity index (χ0v) is 19.3. The summed E-state index contributed by atoms with van der Waals surface area (Å²) in [5.74, 6) is 0.607. The van der Waals surface area contributed by atoms with Crippen LogP contribution in [0.5, 0.6) is 5.75 Å². The summed E-state index contributed by atoms with van der Waals surface area (Å²) in [7, 11) is 0. The van der Waals surface area contributed by atoms with Crippen molar-refractivity contribution in [2.45, 2.75) is 27.3 Å². The van der Waals surface area contributed by atoms with Gasteiger partial charge in [-0.1, -0.05) is 66.2 Å². The van der Waals surface area contributed by atoms with E-state index in [1.165, 1.54) is 5.56 Å². The minimum atomic E-state index is -0.141. The molecule has 0 aliphatic rings. The lowest BCUT2D eigenvalue weighted by Crippen LogP contribution is -2.28. The second-order valence-corrected chi connectivity index (χ2v) is 8.72. The maximum Gasteiger partial charge on any atom is 0.258 e. The monoisotopic (exact) mass is 442 g/mol. The van der Waals surface area contributed by atoms with Crippen molar-refractivity contribution in [1.29, 1.82) is 0 Å². The van der Waals surface area contributed by atoms with Crippen molar-refractivity contribution in [3.05, 3.63) is 94.4 Å². The Hall–Kier alpha value is -3.44. The molecule has 1 heterocycles. The Kier molecular flexibility index (Phi) is 6.66. The largest absolute Gasteiger partial charge is 0.483 e. The van der Waals surface area contributed by atoms with E-state index in [0.29, 0.717) is 6.54 Å². The first-order valence-corrected chi connectivity index (χ1v) is 11.4. The molecule has 0 radical (unpaired) electrons. The Morgan fingerprint density at radius 3 is 2.41 bits per heavy atom. The molecule has 1 N–H and O–H groups in total. The number of rotatable bonds is 7. The van der Waals surface area contributed by atoms with E-state index < -0.39 is 0 Å². The van der Waals surface area contributed by atoms with Crippen LogP contribution in [0.3, 0.4) is 0 Å². The van der Waals surface area contributed by atoms with Crippen LogP contribution in [0, 0.1) is 20.8 Å². The van der Waals surface area contributed by atoms with Crippen molar-refractivity contribution in [2.24, 2.45) is 0 Å². The maximum absolute atomic E-state index is 12.2. The van der Waals surface area contributed by atoms with E-state index in [1.807, 2.05) is 56.3 Å². The van der Waals surface area contributed by atoms with Gasteiger partial charge in [0.1, 0.15) is 10.8 Å². The number of thiazole rings is 1. The first kappa shape index (κ1) is 21.8. The van der Waals surface area contributed by atoms with Crippen molar-refractivity contribution in [1.82, 2.24) is 10.3 Å². The number of nitrogens with zero attached hydrogens (tertiary/aromatic N) is 1. The molecule has 0 unspecified atom stereocenters. The predicted molar refractivity (Wildman–Crippen MR) is 131 cm³/mol. The summed E-state index contributed by atoms with van der Waals surface area (Å²) in [5, 5.41) is 5.99. The lowest BCUT2D eigenvalue weighted by molar-refractivity contribution is -0.123. The first-order valence-electron chi connectivity index (χ1n) is 10.6. The van der Waals surface area contributed by atoms with Gasteiger partial charge in [0.05, 0.1) is 5.69 Å². The molecule has 0 bridgehead atoms. The van der Waals surface area contributed by atoms with Crippen LogP contribution < -0.4 is 10.1 Å². The fourth-order valence-corrected chi connectivity index (χ4v) is 4.14. The summed E-state index contributed by atoms with van der Waals surface area (Å²) in [4.78, 5) is 17.0. The van der Waals surface area contributed by atoms with Gasteiger partial charge in [-0.25, -0.2) is 4.98 Å². The van der Waals surface area contributed by atoms with Crippen LogP contribution in [0.1, 0.15) is 22.3 Å². The van der Waals surface area contributed by atoms with E-state index in [9.17, 15) is 4.79 Å². The second-order valence-electron chi connectivity index (χ2n) is 7.86. The van der Waals surface area contributed by atoms with Gasteiger partial charge >= 0.3 is 0 Å². The van der Waals surface area contributed by atoms with Gasteiger partial charge < -0.3 is 10.1 Å². The number of nitrogens with one attached hydrogen (secondary N) is 1. The van der Waals surface area contributed by atoms with Crippen LogP contribution in [0.15, 0.2) is 72.1 Å². The summed E-state index contributed by atoms with van der Waals surface area (Å²) in [6, 6.07) is 22.4. The third-order valence-electron chi connectivity index (χ3n) is 5.46. The highest BCUT2D eigenvalue weighted by molar-refractivity contribution is 7.13. The molecule has 1 aromatic heterocycles. The van der Waals surface area contributed by atoms with Gasteiger partial charge in [-0.2, -0.15) is 0 Å². The molecular weight excluding hydrogens is 416 g/mol. The van der Waals surface area contributed by atoms with E-state index >= 15 is 0 Å². The summed E-state index contributed by atoms with van der Waals surface area (Å²) in [6.45, 7) is 6.57. The molecule has 4 nitrogen and oxygen atoms in total. The third-order valence-corrected chi connectivity index (χ3v) is 6.35. The number of benzene rings is 3. The molecule has 0 aliphatic carbocycles. The third kappa shape index (κ3) is 5.24. The fraction of sp³-hybridized carbons (Fsp3) is 0.185. The first-order chi connectivity index (χ1) is 15.5. The summed E-state index contributed by atoms with van der Waals surface area (Å²) >= 11 is 1.63. The van der Waals surface area contributed by atoms with Crippen LogP contribution in [-0.2, 0) is 11.3 Å². The fourth-order valence-electron chi connectivity index (χ4n) is 3.30. The zero-order valence-electron chi connectivity index (χ0n) is 18.5. The normalized spacial score (nSPS) is 10.7. The Bertz CT molecular complexity index is 1210. The van der Waals surface area contributed by atoms with E-state index in [2.05, 4.69) is 41.9 Å². The van der Waals surface area contributed by atoms with E-state index in [-0.39, 0.29) is 12.5 Å². The van der Waals surface area contributed by atoms with Crippen molar-refractivity contribution in [3.8, 4) is 27.6 Å². The molecule has 3 aromatic carbocycles. The van der Waals surface area contributed by atoms with E-state index in [4.69, 9.17) is 9.72 Å². The molecule has 162 valence electrons. The molecule has 0 saturated carbocycles. The molecule has 4 aromatic rings. The van der Waals surface area contributed by atoms with Gasteiger partial charge in [0.15, 0.2) is 6.61 Å². The van der Waals surface area contributed by atoms with Gasteiger partial charge in [0, 0.05) is 23.1 Å². The Labute approximate surface area is 192 Å².